The zero-order valence-electron chi connectivity index (χ0n) is 19.4. The molecular weight excluding hydrogens is 384 g/mol. The highest BCUT2D eigenvalue weighted by Gasteiger charge is 2.21. The van der Waals surface area contributed by atoms with Crippen LogP contribution in [0.4, 0.5) is 0 Å². The predicted molar refractivity (Wildman–Crippen MR) is 125 cm³/mol. The van der Waals surface area contributed by atoms with Crippen molar-refractivity contribution in [1.29, 1.82) is 0 Å². The molecule has 2 N–H and O–H groups in total. The van der Waals surface area contributed by atoms with Gasteiger partial charge in [-0.1, -0.05) is 117 Å². The second kappa shape index (κ2) is 19.8. The van der Waals surface area contributed by atoms with Crippen molar-refractivity contribution >= 4 is 10.1 Å². The van der Waals surface area contributed by atoms with Gasteiger partial charge in [0.1, 0.15) is 0 Å². The highest BCUT2D eigenvalue weighted by molar-refractivity contribution is 7.86. The molecule has 0 aliphatic rings. The molecule has 0 aliphatic carbocycles. The topological polar surface area (TPSA) is 74.6 Å². The first kappa shape index (κ1) is 28.9. The van der Waals surface area contributed by atoms with Gasteiger partial charge >= 0.3 is 0 Å². The summed E-state index contributed by atoms with van der Waals surface area (Å²) in [7, 11) is -3.90. The fourth-order valence-corrected chi connectivity index (χ4v) is 4.89. The van der Waals surface area contributed by atoms with E-state index in [9.17, 15) is 18.1 Å². The highest BCUT2D eigenvalue weighted by atomic mass is 32.2. The quantitative estimate of drug-likeness (QED) is 0.137. The third kappa shape index (κ3) is 19.6. The maximum Gasteiger partial charge on any atom is 0.267 e. The summed E-state index contributed by atoms with van der Waals surface area (Å²) in [4.78, 5) is 0. The van der Waals surface area contributed by atoms with Crippen LogP contribution in [0, 0.1) is 0 Å². The largest absolute Gasteiger partial charge is 0.393 e. The van der Waals surface area contributed by atoms with Crippen LogP contribution in [0.5, 0.6) is 0 Å². The Balaban J connectivity index is 3.58. The van der Waals surface area contributed by atoms with E-state index in [2.05, 4.69) is 6.92 Å². The van der Waals surface area contributed by atoms with Crippen LogP contribution in [0.25, 0.3) is 0 Å². The summed E-state index contributed by atoms with van der Waals surface area (Å²) in [6.45, 7) is 4.22. The van der Waals surface area contributed by atoms with Crippen molar-refractivity contribution in [3.63, 3.8) is 0 Å². The van der Waals surface area contributed by atoms with Gasteiger partial charge in [0.05, 0.1) is 11.4 Å². The number of hydrogen-bond acceptors (Lipinski definition) is 3. The molecular formula is C24H50O4S. The van der Waals surface area contributed by atoms with Crippen LogP contribution in [0.3, 0.4) is 0 Å². The summed E-state index contributed by atoms with van der Waals surface area (Å²) in [5.74, 6) is 0. The van der Waals surface area contributed by atoms with Crippen LogP contribution in [0.15, 0.2) is 0 Å². The van der Waals surface area contributed by atoms with Crippen LogP contribution in [-0.4, -0.2) is 29.4 Å². The van der Waals surface area contributed by atoms with Crippen LogP contribution in [0.1, 0.15) is 142 Å². The Labute approximate surface area is 182 Å². The minimum absolute atomic E-state index is 0.110. The fourth-order valence-electron chi connectivity index (χ4n) is 3.96. The molecule has 0 rings (SSSR count). The summed E-state index contributed by atoms with van der Waals surface area (Å²) in [5, 5.41) is 8.96. The molecule has 0 bridgehead atoms. The third-order valence-electron chi connectivity index (χ3n) is 6.09. The number of aliphatic hydroxyl groups excluding tert-OH is 1. The minimum atomic E-state index is -3.90. The molecule has 0 heterocycles. The van der Waals surface area contributed by atoms with E-state index >= 15 is 0 Å². The van der Waals surface area contributed by atoms with E-state index in [1.165, 1.54) is 64.2 Å². The van der Waals surface area contributed by atoms with Gasteiger partial charge in [0.15, 0.2) is 0 Å². The fraction of sp³-hybridized carbons (Fsp3) is 1.00. The smallest absolute Gasteiger partial charge is 0.267 e. The molecule has 0 fully saturated rings. The van der Waals surface area contributed by atoms with Crippen molar-refractivity contribution in [2.24, 2.45) is 0 Å². The van der Waals surface area contributed by atoms with Gasteiger partial charge < -0.3 is 5.11 Å². The van der Waals surface area contributed by atoms with Gasteiger partial charge in [-0.3, -0.25) is 4.55 Å². The number of rotatable bonds is 22. The van der Waals surface area contributed by atoms with E-state index in [0.717, 1.165) is 51.4 Å². The van der Waals surface area contributed by atoms with Gasteiger partial charge in [0.2, 0.25) is 0 Å². The van der Waals surface area contributed by atoms with Crippen molar-refractivity contribution in [3.05, 3.63) is 0 Å². The second-order valence-corrected chi connectivity index (χ2v) is 10.6. The number of unbranched alkanes of at least 4 members (excludes halogenated alkanes) is 14. The second-order valence-electron chi connectivity index (χ2n) is 8.87. The van der Waals surface area contributed by atoms with Gasteiger partial charge in [0.25, 0.3) is 10.1 Å². The summed E-state index contributed by atoms with van der Waals surface area (Å²) in [6, 6.07) is 0. The lowest BCUT2D eigenvalue weighted by atomic mass is 10.0. The lowest BCUT2D eigenvalue weighted by Gasteiger charge is -2.13. The molecule has 2 atom stereocenters. The maximum absolute atomic E-state index is 11.6. The Kier molecular flexibility index (Phi) is 19.7. The maximum atomic E-state index is 11.6. The van der Waals surface area contributed by atoms with E-state index in [1.54, 1.807) is 0 Å². The van der Waals surface area contributed by atoms with Crippen molar-refractivity contribution in [3.8, 4) is 0 Å². The first-order valence-corrected chi connectivity index (χ1v) is 14.1. The first-order valence-electron chi connectivity index (χ1n) is 12.6. The molecule has 0 amide bonds. The molecule has 0 saturated carbocycles. The van der Waals surface area contributed by atoms with Crippen molar-refractivity contribution < 1.29 is 18.1 Å². The summed E-state index contributed by atoms with van der Waals surface area (Å²) in [5.41, 5.74) is 0. The Morgan fingerprint density at radius 1 is 0.586 bits per heavy atom. The molecule has 0 saturated heterocycles. The van der Waals surface area contributed by atoms with Crippen LogP contribution >= 0.6 is 0 Å². The van der Waals surface area contributed by atoms with Gasteiger partial charge in [-0.15, -0.1) is 0 Å². The molecule has 5 heteroatoms. The molecule has 176 valence electrons. The van der Waals surface area contributed by atoms with Crippen molar-refractivity contribution in [2.75, 3.05) is 0 Å². The monoisotopic (exact) mass is 434 g/mol. The SMILES string of the molecule is CCCCCCCCC(CCCCCCCCCCCCC(O)CC)S(=O)(=O)O. The number of hydrogen-bond donors (Lipinski definition) is 2. The first-order chi connectivity index (χ1) is 13.9. The van der Waals surface area contributed by atoms with Crippen LogP contribution in [0.2, 0.25) is 0 Å². The van der Waals surface area contributed by atoms with Gasteiger partial charge in [-0.2, -0.15) is 8.42 Å². The Hall–Kier alpha value is -0.130. The molecule has 0 radical (unpaired) electrons. The van der Waals surface area contributed by atoms with Gasteiger partial charge in [-0.25, -0.2) is 0 Å². The average molecular weight is 435 g/mol. The Bertz CT molecular complexity index is 436. The van der Waals surface area contributed by atoms with Gasteiger partial charge in [-0.05, 0) is 25.7 Å². The summed E-state index contributed by atoms with van der Waals surface area (Å²) < 4.78 is 32.7. The number of aliphatic hydroxyl groups is 1. The zero-order valence-corrected chi connectivity index (χ0v) is 20.2. The minimum Gasteiger partial charge on any atom is -0.393 e. The zero-order chi connectivity index (χ0) is 21.8. The molecule has 0 aliphatic heterocycles. The lowest BCUT2D eigenvalue weighted by molar-refractivity contribution is 0.156. The van der Waals surface area contributed by atoms with E-state index in [-0.39, 0.29) is 6.10 Å². The molecule has 0 aromatic heterocycles. The Morgan fingerprint density at radius 2 is 0.931 bits per heavy atom. The lowest BCUT2D eigenvalue weighted by Crippen LogP contribution is -2.20. The van der Waals surface area contributed by atoms with Crippen molar-refractivity contribution in [1.82, 2.24) is 0 Å². The van der Waals surface area contributed by atoms with Gasteiger partial charge in [0, 0.05) is 0 Å². The third-order valence-corrected chi connectivity index (χ3v) is 7.40. The van der Waals surface area contributed by atoms with E-state index < -0.39 is 15.4 Å². The Morgan fingerprint density at radius 3 is 1.28 bits per heavy atom. The average Bonchev–Trinajstić information content (AvgIpc) is 2.68. The van der Waals surface area contributed by atoms with Crippen LogP contribution < -0.4 is 0 Å². The van der Waals surface area contributed by atoms with E-state index in [1.807, 2.05) is 6.92 Å². The molecule has 4 nitrogen and oxygen atoms in total. The van der Waals surface area contributed by atoms with Crippen molar-refractivity contribution in [2.45, 2.75) is 154 Å². The van der Waals surface area contributed by atoms with Crippen LogP contribution in [-0.2, 0) is 10.1 Å². The summed E-state index contributed by atoms with van der Waals surface area (Å²) >= 11 is 0. The molecule has 0 spiro atoms. The molecule has 29 heavy (non-hydrogen) atoms. The molecule has 2 unspecified atom stereocenters. The van der Waals surface area contributed by atoms with E-state index in [4.69, 9.17) is 0 Å². The molecule has 0 aromatic rings. The standard InChI is InChI=1S/C24H50O4S/c1-3-5-6-7-15-18-21-24(29(26,27)28)22-19-16-13-11-9-8-10-12-14-17-20-23(25)4-2/h23-25H,3-22H2,1-2H3,(H,26,27,28). The highest BCUT2D eigenvalue weighted by Crippen LogP contribution is 2.19. The molecule has 0 aromatic carbocycles. The van der Waals surface area contributed by atoms with E-state index in [0.29, 0.717) is 12.8 Å². The predicted octanol–water partition coefficient (Wildman–Crippen LogP) is 7.45. The summed E-state index contributed by atoms with van der Waals surface area (Å²) in [6.07, 6.45) is 21.6. The normalized spacial score (nSPS) is 14.2.